The Labute approximate surface area is 193 Å². The number of amides is 2. The molecule has 2 heterocycles. The minimum absolute atomic E-state index is 0.0572. The van der Waals surface area contributed by atoms with E-state index in [-0.39, 0.29) is 22.7 Å². The van der Waals surface area contributed by atoms with Gasteiger partial charge in [-0.25, -0.2) is 13.2 Å². The summed E-state index contributed by atoms with van der Waals surface area (Å²) >= 11 is 0. The number of nitrogens with zero attached hydrogens (tertiary/aromatic N) is 1. The zero-order valence-electron chi connectivity index (χ0n) is 18.2. The normalized spacial score (nSPS) is 17.2. The summed E-state index contributed by atoms with van der Waals surface area (Å²) in [5, 5.41) is 5.64. The summed E-state index contributed by atoms with van der Waals surface area (Å²) in [4.78, 5) is 14.8. The molecule has 1 unspecified atom stereocenters. The fourth-order valence-corrected chi connectivity index (χ4v) is 5.70. The Bertz CT molecular complexity index is 1310. The number of hydrogen-bond acceptors (Lipinski definition) is 5. The van der Waals surface area contributed by atoms with Crippen LogP contribution in [0.2, 0.25) is 0 Å². The van der Waals surface area contributed by atoms with Crippen LogP contribution < -0.4 is 15.4 Å². The van der Waals surface area contributed by atoms with E-state index in [0.717, 1.165) is 30.0 Å². The highest BCUT2D eigenvalue weighted by Crippen LogP contribution is 2.31. The van der Waals surface area contributed by atoms with Gasteiger partial charge in [-0.05, 0) is 54.1 Å². The van der Waals surface area contributed by atoms with Crippen molar-refractivity contribution in [2.75, 3.05) is 19.0 Å². The molecular formula is C25H25N3O4S. The number of carbonyl (C=O) groups is 1. The molecule has 33 heavy (non-hydrogen) atoms. The van der Waals surface area contributed by atoms with Crippen molar-refractivity contribution in [2.45, 2.75) is 29.8 Å². The second kappa shape index (κ2) is 8.53. The van der Waals surface area contributed by atoms with E-state index in [4.69, 9.17) is 4.74 Å². The van der Waals surface area contributed by atoms with E-state index < -0.39 is 9.84 Å². The number of ether oxygens (including phenoxy) is 1. The fraction of sp³-hybridized carbons (Fsp3) is 0.240. The third kappa shape index (κ3) is 4.58. The van der Waals surface area contributed by atoms with Crippen LogP contribution in [0.25, 0.3) is 0 Å². The van der Waals surface area contributed by atoms with Gasteiger partial charge in [0.2, 0.25) is 0 Å². The molecule has 170 valence electrons. The van der Waals surface area contributed by atoms with E-state index in [1.54, 1.807) is 12.1 Å². The number of benzene rings is 3. The molecule has 2 aliphatic rings. The van der Waals surface area contributed by atoms with Gasteiger partial charge in [0.25, 0.3) is 0 Å². The zero-order chi connectivity index (χ0) is 23.0. The lowest BCUT2D eigenvalue weighted by atomic mass is 10.1. The summed E-state index contributed by atoms with van der Waals surface area (Å²) < 4.78 is 31.4. The first kappa shape index (κ1) is 21.5. The molecule has 0 aliphatic carbocycles. The highest BCUT2D eigenvalue weighted by atomic mass is 32.2. The molecule has 0 radical (unpaired) electrons. The van der Waals surface area contributed by atoms with E-state index in [9.17, 15) is 13.2 Å². The summed E-state index contributed by atoms with van der Waals surface area (Å²) in [5.41, 5.74) is 4.67. The highest BCUT2D eigenvalue weighted by molar-refractivity contribution is 7.90. The van der Waals surface area contributed by atoms with Crippen LogP contribution >= 0.6 is 0 Å². The zero-order valence-corrected chi connectivity index (χ0v) is 19.1. The molecule has 3 aromatic rings. The molecule has 0 saturated carbocycles. The van der Waals surface area contributed by atoms with Gasteiger partial charge in [-0.3, -0.25) is 4.90 Å². The van der Waals surface area contributed by atoms with Gasteiger partial charge in [-0.2, -0.15) is 0 Å². The topological polar surface area (TPSA) is 87.7 Å². The molecule has 2 N–H and O–H groups in total. The number of carbonyl (C=O) groups excluding carboxylic acids is 1. The van der Waals surface area contributed by atoms with Crippen molar-refractivity contribution >= 4 is 21.6 Å². The molecular weight excluding hydrogens is 438 g/mol. The third-order valence-electron chi connectivity index (χ3n) is 5.98. The molecule has 0 saturated heterocycles. The van der Waals surface area contributed by atoms with Crippen LogP contribution in [0.15, 0.2) is 71.6 Å². The number of rotatable bonds is 5. The Hall–Kier alpha value is -3.36. The number of nitrogens with one attached hydrogen (secondary N) is 2. The van der Waals surface area contributed by atoms with E-state index >= 15 is 0 Å². The van der Waals surface area contributed by atoms with Gasteiger partial charge in [0.15, 0.2) is 9.84 Å². The monoisotopic (exact) mass is 463 g/mol. The summed E-state index contributed by atoms with van der Waals surface area (Å²) in [6.07, 6.45) is 0. The molecule has 0 spiro atoms. The maximum atomic E-state index is 12.9. The van der Waals surface area contributed by atoms with Crippen molar-refractivity contribution in [3.63, 3.8) is 0 Å². The summed E-state index contributed by atoms with van der Waals surface area (Å²) in [6, 6.07) is 19.1. The molecule has 0 bridgehead atoms. The quantitative estimate of drug-likeness (QED) is 0.600. The average molecular weight is 464 g/mol. The SMILES string of the molecule is CN1Cc2ccc(CS(=O)(=O)c3ccc(NC(=O)NC4COc5ccccc54)cc3)cc2C1. The van der Waals surface area contributed by atoms with Crippen LogP contribution in [-0.4, -0.2) is 33.0 Å². The molecule has 0 fully saturated rings. The lowest BCUT2D eigenvalue weighted by Gasteiger charge is -2.13. The minimum atomic E-state index is -3.50. The van der Waals surface area contributed by atoms with E-state index in [2.05, 4.69) is 15.5 Å². The predicted octanol–water partition coefficient (Wildman–Crippen LogP) is 3.86. The van der Waals surface area contributed by atoms with Crippen molar-refractivity contribution in [3.05, 3.63) is 89.0 Å². The van der Waals surface area contributed by atoms with Gasteiger partial charge >= 0.3 is 6.03 Å². The summed E-state index contributed by atoms with van der Waals surface area (Å²) in [5.74, 6) is 0.714. The van der Waals surface area contributed by atoms with Gasteiger partial charge in [0.1, 0.15) is 12.4 Å². The van der Waals surface area contributed by atoms with Crippen LogP contribution in [0.1, 0.15) is 28.3 Å². The molecule has 1 atom stereocenters. The second-order valence-electron chi connectivity index (χ2n) is 8.56. The smallest absolute Gasteiger partial charge is 0.319 e. The Morgan fingerprint density at radius 2 is 1.79 bits per heavy atom. The lowest BCUT2D eigenvalue weighted by molar-refractivity contribution is 0.243. The summed E-state index contributed by atoms with van der Waals surface area (Å²) in [6.45, 7) is 2.11. The Balaban J connectivity index is 1.22. The number of sulfone groups is 1. The maximum absolute atomic E-state index is 12.9. The number of urea groups is 1. The number of para-hydroxylation sites is 1. The first-order chi connectivity index (χ1) is 15.9. The Morgan fingerprint density at radius 1 is 1.03 bits per heavy atom. The number of fused-ring (bicyclic) bond motifs is 2. The van der Waals surface area contributed by atoms with Gasteiger partial charge in [0, 0.05) is 24.3 Å². The first-order valence-corrected chi connectivity index (χ1v) is 12.4. The molecule has 2 amide bonds. The minimum Gasteiger partial charge on any atom is -0.491 e. The highest BCUT2D eigenvalue weighted by Gasteiger charge is 2.25. The Kier molecular flexibility index (Phi) is 5.55. The van der Waals surface area contributed by atoms with Crippen LogP contribution in [0, 0.1) is 0 Å². The van der Waals surface area contributed by atoms with Crippen molar-refractivity contribution in [1.29, 1.82) is 0 Å². The molecule has 3 aromatic carbocycles. The van der Waals surface area contributed by atoms with Gasteiger partial charge < -0.3 is 15.4 Å². The maximum Gasteiger partial charge on any atom is 0.319 e. The van der Waals surface area contributed by atoms with Crippen molar-refractivity contribution < 1.29 is 17.9 Å². The molecule has 2 aliphatic heterocycles. The van der Waals surface area contributed by atoms with Crippen LogP contribution in [-0.2, 0) is 28.7 Å². The summed E-state index contributed by atoms with van der Waals surface area (Å²) in [7, 11) is -1.45. The van der Waals surface area contributed by atoms with Crippen molar-refractivity contribution in [3.8, 4) is 5.75 Å². The largest absolute Gasteiger partial charge is 0.491 e. The lowest BCUT2D eigenvalue weighted by Crippen LogP contribution is -2.33. The number of anilines is 1. The molecule has 7 nitrogen and oxygen atoms in total. The molecule has 5 rings (SSSR count). The predicted molar refractivity (Wildman–Crippen MR) is 126 cm³/mol. The van der Waals surface area contributed by atoms with Gasteiger partial charge in [0.05, 0.1) is 16.7 Å². The molecule has 8 heteroatoms. The van der Waals surface area contributed by atoms with E-state index in [1.165, 1.54) is 23.3 Å². The molecule has 0 aromatic heterocycles. The Morgan fingerprint density at radius 3 is 2.61 bits per heavy atom. The van der Waals surface area contributed by atoms with Crippen LogP contribution in [0.3, 0.4) is 0 Å². The van der Waals surface area contributed by atoms with Crippen molar-refractivity contribution in [1.82, 2.24) is 10.2 Å². The van der Waals surface area contributed by atoms with Gasteiger partial charge in [-0.1, -0.05) is 36.4 Å². The fourth-order valence-electron chi connectivity index (χ4n) is 4.36. The van der Waals surface area contributed by atoms with Crippen LogP contribution in [0.4, 0.5) is 10.5 Å². The average Bonchev–Trinajstić information content (AvgIpc) is 3.36. The number of hydrogen-bond donors (Lipinski definition) is 2. The standard InChI is InChI=1S/C25H25N3O4S/c1-28-13-18-7-6-17(12-19(18)14-28)16-33(30,31)21-10-8-20(9-11-21)26-25(29)27-23-15-32-24-5-3-2-4-22(23)24/h2-12,23H,13-16H2,1H3,(H2,26,27,29). The first-order valence-electron chi connectivity index (χ1n) is 10.8. The second-order valence-corrected chi connectivity index (χ2v) is 10.5. The van der Waals surface area contributed by atoms with Crippen LogP contribution in [0.5, 0.6) is 5.75 Å². The third-order valence-corrected chi connectivity index (χ3v) is 7.69. The van der Waals surface area contributed by atoms with E-state index in [1.807, 2.05) is 49.5 Å². The van der Waals surface area contributed by atoms with E-state index in [0.29, 0.717) is 12.3 Å². The van der Waals surface area contributed by atoms with Crippen molar-refractivity contribution in [2.24, 2.45) is 0 Å². The van der Waals surface area contributed by atoms with Gasteiger partial charge in [-0.15, -0.1) is 0 Å².